The van der Waals surface area contributed by atoms with Crippen molar-refractivity contribution >= 4 is 39.6 Å². The van der Waals surface area contributed by atoms with Crippen LogP contribution in [0.1, 0.15) is 51.7 Å². The van der Waals surface area contributed by atoms with E-state index in [4.69, 9.17) is 4.74 Å². The SMILES string of the molecule is CCCNc1ccn([C@@H]2O[C@H](COP(=O)([O-])OP(=O)([O-])OP(=O)([O-])SC3CCCCC3)C(O)[C@@H]2O)c(=O)n1. The molecule has 20 heteroatoms. The molecule has 218 valence electrons. The molecular weight excluding hydrogens is 591 g/mol. The van der Waals surface area contributed by atoms with Gasteiger partial charge >= 0.3 is 5.69 Å². The van der Waals surface area contributed by atoms with Crippen LogP contribution in [-0.4, -0.2) is 56.5 Å². The summed E-state index contributed by atoms with van der Waals surface area (Å²) in [6.45, 7) is -3.65. The first kappa shape index (κ1) is 31.9. The minimum absolute atomic E-state index is 0.273. The van der Waals surface area contributed by atoms with Crippen LogP contribution in [-0.2, 0) is 31.6 Å². The predicted molar refractivity (Wildman–Crippen MR) is 129 cm³/mol. The Balaban J connectivity index is 1.57. The lowest BCUT2D eigenvalue weighted by Crippen LogP contribution is -2.36. The summed E-state index contributed by atoms with van der Waals surface area (Å²) in [5, 5.41) is 23.0. The smallest absolute Gasteiger partial charge is 0.351 e. The van der Waals surface area contributed by atoms with Gasteiger partial charge in [-0.2, -0.15) is 4.98 Å². The van der Waals surface area contributed by atoms with Crippen molar-refractivity contribution < 1.29 is 56.5 Å². The summed E-state index contributed by atoms with van der Waals surface area (Å²) >= 11 is 0.289. The number of hydrogen-bond donors (Lipinski definition) is 3. The number of phosphoric ester groups is 1. The van der Waals surface area contributed by atoms with Gasteiger partial charge in [-0.3, -0.25) is 22.6 Å². The van der Waals surface area contributed by atoms with Crippen LogP contribution in [0.15, 0.2) is 17.1 Å². The highest BCUT2D eigenvalue weighted by Gasteiger charge is 2.45. The average Bonchev–Trinajstić information content (AvgIpc) is 3.09. The van der Waals surface area contributed by atoms with E-state index < -0.39 is 64.5 Å². The topological polar surface area (TPSA) is 245 Å². The number of aliphatic hydroxyl groups excluding tert-OH is 2. The zero-order valence-corrected chi connectivity index (χ0v) is 23.7. The molecule has 1 aliphatic carbocycles. The summed E-state index contributed by atoms with van der Waals surface area (Å²) in [5.41, 5.74) is -0.834. The molecule has 4 unspecified atom stereocenters. The van der Waals surface area contributed by atoms with Gasteiger partial charge in [-0.05, 0) is 25.3 Å². The summed E-state index contributed by atoms with van der Waals surface area (Å²) in [6.07, 6.45) is -0.930. The molecule has 0 bridgehead atoms. The van der Waals surface area contributed by atoms with Crippen molar-refractivity contribution in [1.29, 1.82) is 0 Å². The minimum Gasteiger partial charge on any atom is -0.770 e. The third-order valence-corrected chi connectivity index (χ3v) is 12.6. The lowest BCUT2D eigenvalue weighted by atomic mass is 10.0. The van der Waals surface area contributed by atoms with E-state index in [0.717, 1.165) is 30.3 Å². The Morgan fingerprint density at radius 3 is 2.45 bits per heavy atom. The van der Waals surface area contributed by atoms with Crippen molar-refractivity contribution in [2.75, 3.05) is 18.5 Å². The van der Waals surface area contributed by atoms with Crippen LogP contribution < -0.4 is 25.7 Å². The Morgan fingerprint density at radius 2 is 1.82 bits per heavy atom. The molecule has 1 aromatic heterocycles. The molecule has 38 heavy (non-hydrogen) atoms. The van der Waals surface area contributed by atoms with Crippen molar-refractivity contribution in [2.45, 2.75) is 75.2 Å². The molecule has 1 saturated heterocycles. The van der Waals surface area contributed by atoms with Gasteiger partial charge in [-0.15, -0.1) is 0 Å². The molecule has 16 nitrogen and oxygen atoms in total. The Kier molecular flexibility index (Phi) is 11.2. The maximum absolute atomic E-state index is 12.3. The quantitative estimate of drug-likeness (QED) is 0.249. The molecule has 1 aromatic rings. The standard InChI is InChI=1S/C18H32N3O13P3S/c1-2-9-19-14-8-10-21(18(24)20-14)17-16(23)15(22)13(32-17)11-31-35(25,26)33-36(27,28)34-37(29,30)38-12-6-4-3-5-7-12/h8,10,12-13,15-17,22-23H,2-7,9,11H2,1H3,(H,25,26)(H,27,28)(H,29,30)(H,19,20,24)/p-3/t13-,15?,16+,17-/m1/s1. The number of phosphoric acid groups is 2. The fourth-order valence-corrected chi connectivity index (χ4v) is 10.6. The second kappa shape index (κ2) is 13.3. The third-order valence-electron chi connectivity index (χ3n) is 5.62. The van der Waals surface area contributed by atoms with Crippen molar-refractivity contribution in [2.24, 2.45) is 0 Å². The number of nitrogens with zero attached hydrogens (tertiary/aromatic N) is 2. The van der Waals surface area contributed by atoms with Crippen LogP contribution in [0, 0.1) is 0 Å². The Bertz CT molecular complexity index is 1150. The third kappa shape index (κ3) is 9.20. The summed E-state index contributed by atoms with van der Waals surface area (Å²) < 4.78 is 54.6. The van der Waals surface area contributed by atoms with Gasteiger partial charge in [-0.1, -0.05) is 37.6 Å². The second-order valence-corrected chi connectivity index (χ2v) is 15.7. The molecule has 3 rings (SSSR count). The average molecular weight is 620 g/mol. The number of nitrogens with one attached hydrogen (secondary N) is 1. The summed E-state index contributed by atoms with van der Waals surface area (Å²) in [5.74, 6) is 0.273. The highest BCUT2D eigenvalue weighted by atomic mass is 32.7. The van der Waals surface area contributed by atoms with Gasteiger partial charge in [0.1, 0.15) is 24.1 Å². The number of hydrogen-bond acceptors (Lipinski definition) is 16. The first-order chi connectivity index (χ1) is 17.7. The van der Waals surface area contributed by atoms with Crippen molar-refractivity contribution in [3.63, 3.8) is 0 Å². The Morgan fingerprint density at radius 1 is 1.13 bits per heavy atom. The predicted octanol–water partition coefficient (Wildman–Crippen LogP) is 0.205. The van der Waals surface area contributed by atoms with Crippen LogP contribution >= 0.6 is 33.8 Å². The zero-order valence-electron chi connectivity index (χ0n) is 20.2. The lowest BCUT2D eigenvalue weighted by molar-refractivity contribution is -0.245. The van der Waals surface area contributed by atoms with E-state index in [1.807, 2.05) is 6.92 Å². The maximum atomic E-state index is 12.3. The van der Waals surface area contributed by atoms with E-state index in [-0.39, 0.29) is 17.2 Å². The number of rotatable bonds is 13. The van der Waals surface area contributed by atoms with Crippen LogP contribution in [0.25, 0.3) is 0 Å². The number of aliphatic hydroxyl groups is 2. The van der Waals surface area contributed by atoms with Crippen LogP contribution in [0.2, 0.25) is 0 Å². The van der Waals surface area contributed by atoms with E-state index in [0.29, 0.717) is 19.4 Å². The number of aromatic nitrogens is 2. The van der Waals surface area contributed by atoms with E-state index in [1.165, 1.54) is 12.3 Å². The van der Waals surface area contributed by atoms with Gasteiger partial charge in [0.05, 0.1) is 6.61 Å². The van der Waals surface area contributed by atoms with Crippen molar-refractivity contribution in [1.82, 2.24) is 9.55 Å². The fourth-order valence-electron chi connectivity index (χ4n) is 3.88. The summed E-state index contributed by atoms with van der Waals surface area (Å²) in [4.78, 5) is 52.2. The molecule has 2 heterocycles. The molecule has 1 aliphatic heterocycles. The monoisotopic (exact) mass is 620 g/mol. The highest BCUT2D eigenvalue weighted by molar-refractivity contribution is 8.55. The molecule has 0 aromatic carbocycles. The van der Waals surface area contributed by atoms with Crippen LogP contribution in [0.5, 0.6) is 0 Å². The summed E-state index contributed by atoms with van der Waals surface area (Å²) in [7, 11) is -11.7. The second-order valence-electron chi connectivity index (χ2n) is 8.64. The zero-order chi connectivity index (χ0) is 28.1. The largest absolute Gasteiger partial charge is 0.770 e. The van der Waals surface area contributed by atoms with Crippen molar-refractivity contribution in [3.05, 3.63) is 22.7 Å². The molecule has 0 radical (unpaired) electrons. The molecular formula is C18H29N3O13P3S-3. The molecule has 7 atom stereocenters. The Hall–Kier alpha value is -0.640. The lowest BCUT2D eigenvalue weighted by Gasteiger charge is -2.36. The molecule has 3 N–H and O–H groups in total. The van der Waals surface area contributed by atoms with Gasteiger partial charge in [0.25, 0.3) is 15.6 Å². The van der Waals surface area contributed by atoms with Crippen LogP contribution in [0.4, 0.5) is 5.82 Å². The van der Waals surface area contributed by atoms with Gasteiger partial charge < -0.3 is 39.5 Å². The normalized spacial score (nSPS) is 29.3. The molecule has 2 fully saturated rings. The van der Waals surface area contributed by atoms with Crippen molar-refractivity contribution in [3.8, 4) is 0 Å². The minimum atomic E-state index is -5.93. The van der Waals surface area contributed by atoms with E-state index >= 15 is 0 Å². The fraction of sp³-hybridized carbons (Fsp3) is 0.778. The van der Waals surface area contributed by atoms with Gasteiger partial charge in [-0.25, -0.2) is 9.11 Å². The van der Waals surface area contributed by atoms with E-state index in [2.05, 4.69) is 23.4 Å². The van der Waals surface area contributed by atoms with Crippen LogP contribution in [0.3, 0.4) is 0 Å². The molecule has 0 spiro atoms. The number of anilines is 1. The Labute approximate surface area is 222 Å². The van der Waals surface area contributed by atoms with Gasteiger partial charge in [0.15, 0.2) is 13.0 Å². The summed E-state index contributed by atoms with van der Waals surface area (Å²) in [6, 6.07) is 1.43. The first-order valence-corrected chi connectivity index (χ1v) is 17.7. The molecule has 2 aliphatic rings. The number of ether oxygens (including phenoxy) is 1. The van der Waals surface area contributed by atoms with E-state index in [9.17, 15) is 43.4 Å². The molecule has 1 saturated carbocycles. The maximum Gasteiger partial charge on any atom is 0.351 e. The first-order valence-electron chi connectivity index (χ1n) is 11.8. The van der Waals surface area contributed by atoms with Gasteiger partial charge in [0, 0.05) is 18.0 Å². The molecule has 0 amide bonds. The van der Waals surface area contributed by atoms with E-state index in [1.54, 1.807) is 0 Å². The van der Waals surface area contributed by atoms with Gasteiger partial charge in [0.2, 0.25) is 0 Å². The highest BCUT2D eigenvalue weighted by Crippen LogP contribution is 2.68.